The van der Waals surface area contributed by atoms with Crippen molar-refractivity contribution >= 4 is 45.4 Å². The van der Waals surface area contributed by atoms with Gasteiger partial charge in [-0.05, 0) is 54.8 Å². The highest BCUT2D eigenvalue weighted by molar-refractivity contribution is 7.80. The van der Waals surface area contributed by atoms with Gasteiger partial charge in [0, 0.05) is 46.5 Å². The number of aromatic hydroxyl groups is 1. The highest BCUT2D eigenvalue weighted by Gasteiger charge is 2.31. The molecule has 0 radical (unpaired) electrons. The Labute approximate surface area is 243 Å². The molecule has 0 fully saturated rings. The molecule has 6 heteroatoms. The normalized spacial score (nSPS) is 11.9. The van der Waals surface area contributed by atoms with Crippen LogP contribution in [0.25, 0.3) is 21.5 Å². The van der Waals surface area contributed by atoms with Crippen molar-refractivity contribution in [2.45, 2.75) is 33.1 Å². The Morgan fingerprint density at radius 3 is 1.61 bits per heavy atom. The van der Waals surface area contributed by atoms with E-state index in [1.807, 2.05) is 24.3 Å². The Kier molecular flexibility index (Phi) is 8.51. The maximum atomic E-state index is 12.0. The van der Waals surface area contributed by atoms with E-state index in [2.05, 4.69) is 88.4 Å². The summed E-state index contributed by atoms with van der Waals surface area (Å²) in [4.78, 5) is 0. The van der Waals surface area contributed by atoms with Crippen LogP contribution in [-0.4, -0.2) is 32.9 Å². The van der Waals surface area contributed by atoms with Crippen LogP contribution in [0.2, 0.25) is 0 Å². The zero-order valence-electron chi connectivity index (χ0n) is 24.5. The summed E-state index contributed by atoms with van der Waals surface area (Å²) in [6.07, 6.45) is 0. The van der Waals surface area contributed by atoms with Crippen molar-refractivity contribution < 1.29 is 24.1 Å². The number of ether oxygens (including phenoxy) is 4. The monoisotopic (exact) mass is 568 g/mol. The molecule has 0 aliphatic heterocycles. The molecule has 0 aliphatic rings. The number of rotatable bonds is 9. The van der Waals surface area contributed by atoms with Crippen molar-refractivity contribution in [3.05, 3.63) is 96.1 Å². The summed E-state index contributed by atoms with van der Waals surface area (Å²) in [5, 5.41) is 18.9. The average molecular weight is 569 g/mol. The minimum absolute atomic E-state index is 0.0992. The van der Waals surface area contributed by atoms with Crippen molar-refractivity contribution in [2.75, 3.05) is 27.8 Å². The van der Waals surface area contributed by atoms with Crippen molar-refractivity contribution in [1.82, 2.24) is 0 Å². The average Bonchev–Trinajstić information content (AvgIpc) is 2.96. The fourth-order valence-corrected chi connectivity index (χ4v) is 7.91. The van der Waals surface area contributed by atoms with Crippen molar-refractivity contribution in [3.8, 4) is 17.2 Å². The summed E-state index contributed by atoms with van der Waals surface area (Å²) in [6.45, 7) is 8.65. The summed E-state index contributed by atoms with van der Waals surface area (Å²) >= 11 is 0. The standard InChI is InChI=1S/C35H37O5P/c1-23-19-28(35(2,3)4)32(36)31(20-23)41(29-17-15-24-11-7-9-13-26(24)33(29)39-21-37-5)30-18-16-25-12-8-10-14-27(25)34(30)40-22-38-6/h7-20,36H,21-22H2,1-6H3. The highest BCUT2D eigenvalue weighted by atomic mass is 31.1. The first kappa shape index (κ1) is 28.9. The molecule has 0 atom stereocenters. The SMILES string of the molecule is COCOc1c(P(c2cc(C)cc(C(C)(C)C)c2O)c2ccc3ccccc3c2OCOC)ccc2ccccc12. The molecule has 0 unspecified atom stereocenters. The van der Waals surface area contributed by atoms with E-state index in [9.17, 15) is 5.11 Å². The number of methoxy groups -OCH3 is 2. The van der Waals surface area contributed by atoms with Crippen LogP contribution >= 0.6 is 7.92 Å². The second-order valence-electron chi connectivity index (χ2n) is 11.1. The fourth-order valence-electron chi connectivity index (χ4n) is 5.25. The predicted molar refractivity (Wildman–Crippen MR) is 170 cm³/mol. The van der Waals surface area contributed by atoms with Crippen LogP contribution in [0.5, 0.6) is 17.2 Å². The third kappa shape index (κ3) is 5.76. The predicted octanol–water partition coefficient (Wildman–Crippen LogP) is 7.03. The third-order valence-electron chi connectivity index (χ3n) is 7.12. The van der Waals surface area contributed by atoms with E-state index in [4.69, 9.17) is 18.9 Å². The van der Waals surface area contributed by atoms with E-state index in [0.29, 0.717) is 5.75 Å². The molecule has 41 heavy (non-hydrogen) atoms. The van der Waals surface area contributed by atoms with Gasteiger partial charge < -0.3 is 24.1 Å². The Morgan fingerprint density at radius 2 is 1.15 bits per heavy atom. The van der Waals surface area contributed by atoms with E-state index >= 15 is 0 Å². The second kappa shape index (κ2) is 12.1. The van der Waals surface area contributed by atoms with E-state index < -0.39 is 7.92 Å². The van der Waals surface area contributed by atoms with Gasteiger partial charge in [-0.15, -0.1) is 0 Å². The van der Waals surface area contributed by atoms with Gasteiger partial charge in [0.1, 0.15) is 17.2 Å². The molecule has 0 spiro atoms. The zero-order valence-corrected chi connectivity index (χ0v) is 25.4. The molecule has 0 aliphatic carbocycles. The highest BCUT2D eigenvalue weighted by Crippen LogP contribution is 2.47. The number of phenolic OH excluding ortho intramolecular Hbond substituents is 1. The lowest BCUT2D eigenvalue weighted by Gasteiger charge is -2.29. The van der Waals surface area contributed by atoms with Crippen LogP contribution in [0.3, 0.4) is 0 Å². The minimum Gasteiger partial charge on any atom is -0.507 e. The van der Waals surface area contributed by atoms with Crippen LogP contribution in [0.15, 0.2) is 84.9 Å². The summed E-state index contributed by atoms with van der Waals surface area (Å²) in [7, 11) is 1.86. The first-order valence-electron chi connectivity index (χ1n) is 13.7. The van der Waals surface area contributed by atoms with Gasteiger partial charge in [0.2, 0.25) is 0 Å². The van der Waals surface area contributed by atoms with Crippen molar-refractivity contribution in [2.24, 2.45) is 0 Å². The van der Waals surface area contributed by atoms with E-state index in [-0.39, 0.29) is 19.0 Å². The molecule has 0 saturated carbocycles. The quantitative estimate of drug-likeness (QED) is 0.153. The smallest absolute Gasteiger partial charge is 0.188 e. The van der Waals surface area contributed by atoms with Gasteiger partial charge in [-0.25, -0.2) is 0 Å². The first-order valence-corrected chi connectivity index (χ1v) is 15.0. The van der Waals surface area contributed by atoms with Gasteiger partial charge in [-0.2, -0.15) is 0 Å². The van der Waals surface area contributed by atoms with Crippen LogP contribution < -0.4 is 25.4 Å². The molecule has 5 aromatic rings. The number of phenols is 1. The van der Waals surface area contributed by atoms with Crippen LogP contribution in [-0.2, 0) is 14.9 Å². The Hall–Kier alpha value is -3.63. The van der Waals surface area contributed by atoms with Gasteiger partial charge >= 0.3 is 0 Å². The van der Waals surface area contributed by atoms with Gasteiger partial charge in [0.25, 0.3) is 0 Å². The van der Waals surface area contributed by atoms with Gasteiger partial charge in [0.05, 0.1) is 0 Å². The van der Waals surface area contributed by atoms with Crippen LogP contribution in [0.4, 0.5) is 0 Å². The molecule has 1 N–H and O–H groups in total. The summed E-state index contributed by atoms with van der Waals surface area (Å²) < 4.78 is 23.4. The first-order chi connectivity index (χ1) is 19.7. The maximum absolute atomic E-state index is 12.0. The number of benzene rings is 5. The number of hydrogen-bond acceptors (Lipinski definition) is 5. The van der Waals surface area contributed by atoms with Crippen molar-refractivity contribution in [1.29, 1.82) is 0 Å². The van der Waals surface area contributed by atoms with Crippen LogP contribution in [0.1, 0.15) is 31.9 Å². The van der Waals surface area contributed by atoms with Gasteiger partial charge in [-0.1, -0.05) is 87.5 Å². The number of fused-ring (bicyclic) bond motifs is 2. The molecule has 0 aromatic heterocycles. The topological polar surface area (TPSA) is 57.2 Å². The Balaban J connectivity index is 1.90. The van der Waals surface area contributed by atoms with Crippen molar-refractivity contribution in [3.63, 3.8) is 0 Å². The summed E-state index contributed by atoms with van der Waals surface area (Å²) in [5.74, 6) is 1.77. The van der Waals surface area contributed by atoms with Crippen LogP contribution in [0, 0.1) is 6.92 Å². The summed E-state index contributed by atoms with van der Waals surface area (Å²) in [6, 6.07) is 29.0. The van der Waals surface area contributed by atoms with E-state index in [0.717, 1.165) is 60.1 Å². The molecule has 0 amide bonds. The molecule has 0 heterocycles. The zero-order chi connectivity index (χ0) is 29.1. The lowest BCUT2D eigenvalue weighted by molar-refractivity contribution is 0.0529. The molecule has 5 aromatic carbocycles. The Morgan fingerprint density at radius 1 is 0.659 bits per heavy atom. The lowest BCUT2D eigenvalue weighted by Crippen LogP contribution is -2.27. The molecule has 5 nitrogen and oxygen atoms in total. The maximum Gasteiger partial charge on any atom is 0.188 e. The van der Waals surface area contributed by atoms with Gasteiger partial charge in [-0.3, -0.25) is 0 Å². The molecular weight excluding hydrogens is 531 g/mol. The lowest BCUT2D eigenvalue weighted by atomic mass is 9.85. The van der Waals surface area contributed by atoms with Gasteiger partial charge in [0.15, 0.2) is 13.6 Å². The number of aryl methyl sites for hydroxylation is 1. The molecule has 0 bridgehead atoms. The Bertz CT molecular complexity index is 1600. The summed E-state index contributed by atoms with van der Waals surface area (Å²) in [5.41, 5.74) is 1.72. The minimum atomic E-state index is -1.38. The van der Waals surface area contributed by atoms with E-state index in [1.165, 1.54) is 0 Å². The van der Waals surface area contributed by atoms with E-state index in [1.54, 1.807) is 14.2 Å². The molecule has 212 valence electrons. The molecule has 5 rings (SSSR count). The molecular formula is C35H37O5P. The number of hydrogen-bond donors (Lipinski definition) is 1. The largest absolute Gasteiger partial charge is 0.507 e. The second-order valence-corrected chi connectivity index (χ2v) is 13.3. The third-order valence-corrected chi connectivity index (χ3v) is 9.62. The fraction of sp³-hybridized carbons (Fsp3) is 0.257. The molecule has 0 saturated heterocycles.